The van der Waals surface area contributed by atoms with Gasteiger partial charge in [-0.1, -0.05) is 26.8 Å². The number of pyridine rings is 1. The second kappa shape index (κ2) is 6.74. The van der Waals surface area contributed by atoms with Gasteiger partial charge in [-0.3, -0.25) is 0 Å². The molecule has 0 fully saturated rings. The lowest BCUT2D eigenvalue weighted by molar-refractivity contribution is 0.0987. The number of nitrogens with zero attached hydrogens (tertiary/aromatic N) is 1. The Kier molecular flexibility index (Phi) is 5.60. The van der Waals surface area contributed by atoms with Crippen LogP contribution in [0.1, 0.15) is 46.7 Å². The molecule has 0 bridgehead atoms. The van der Waals surface area contributed by atoms with Gasteiger partial charge in [0, 0.05) is 12.6 Å². The Morgan fingerprint density at radius 1 is 1.33 bits per heavy atom. The summed E-state index contributed by atoms with van der Waals surface area (Å²) in [6.07, 6.45) is 0.963. The third-order valence-corrected chi connectivity index (χ3v) is 2.87. The van der Waals surface area contributed by atoms with E-state index < -0.39 is 0 Å². The van der Waals surface area contributed by atoms with Gasteiger partial charge in [0.05, 0.1) is 5.69 Å². The van der Waals surface area contributed by atoms with Crippen molar-refractivity contribution in [1.82, 2.24) is 10.3 Å². The lowest BCUT2D eigenvalue weighted by Crippen LogP contribution is -2.27. The number of nitrogens with one attached hydrogen (secondary N) is 1. The van der Waals surface area contributed by atoms with E-state index in [4.69, 9.17) is 4.74 Å². The summed E-state index contributed by atoms with van der Waals surface area (Å²) in [4.78, 5) is 4.52. The molecule has 1 aromatic heterocycles. The monoisotopic (exact) mass is 250 g/mol. The van der Waals surface area contributed by atoms with Crippen LogP contribution < -0.4 is 10.1 Å². The molecule has 1 aromatic rings. The van der Waals surface area contributed by atoms with Crippen molar-refractivity contribution in [2.45, 2.75) is 53.2 Å². The van der Waals surface area contributed by atoms with Gasteiger partial charge in [0.15, 0.2) is 0 Å². The molecule has 0 aliphatic rings. The molecule has 18 heavy (non-hydrogen) atoms. The van der Waals surface area contributed by atoms with Gasteiger partial charge in [-0.25, -0.2) is 4.98 Å². The summed E-state index contributed by atoms with van der Waals surface area (Å²) in [7, 11) is 0. The molecule has 3 nitrogen and oxygen atoms in total. The average molecular weight is 250 g/mol. The summed E-state index contributed by atoms with van der Waals surface area (Å²) in [5, 5.41) is 3.39. The highest BCUT2D eigenvalue weighted by Gasteiger charge is 2.17. The number of hydrogen-bond donors (Lipinski definition) is 1. The van der Waals surface area contributed by atoms with Gasteiger partial charge in [-0.05, 0) is 38.8 Å². The maximum absolute atomic E-state index is 5.88. The maximum atomic E-state index is 5.88. The molecule has 0 aliphatic carbocycles. The molecule has 1 heterocycles. The fraction of sp³-hybridized carbons (Fsp3) is 0.667. The quantitative estimate of drug-likeness (QED) is 0.805. The summed E-state index contributed by atoms with van der Waals surface area (Å²) in [6.45, 7) is 12.5. The Bertz CT molecular complexity index is 361. The average Bonchev–Trinajstić information content (AvgIpc) is 2.28. The number of rotatable bonds is 7. The Labute approximate surface area is 111 Å². The smallest absolute Gasteiger partial charge is 0.214 e. The predicted molar refractivity (Wildman–Crippen MR) is 75.8 cm³/mol. The summed E-state index contributed by atoms with van der Waals surface area (Å²) < 4.78 is 5.88. The number of hydrogen-bond acceptors (Lipinski definition) is 3. The van der Waals surface area contributed by atoms with E-state index in [0.29, 0.717) is 11.8 Å². The largest absolute Gasteiger partial charge is 0.472 e. The minimum absolute atomic E-state index is 0.156. The first-order valence-corrected chi connectivity index (χ1v) is 6.78. The van der Waals surface area contributed by atoms with E-state index in [1.165, 1.54) is 0 Å². The number of aromatic nitrogens is 1. The van der Waals surface area contributed by atoms with Crippen molar-refractivity contribution < 1.29 is 4.74 Å². The van der Waals surface area contributed by atoms with Crippen LogP contribution in [0.5, 0.6) is 5.88 Å². The summed E-state index contributed by atoms with van der Waals surface area (Å²) >= 11 is 0. The molecule has 1 rings (SSSR count). The normalized spacial score (nSPS) is 11.9. The zero-order valence-electron chi connectivity index (χ0n) is 12.3. The van der Waals surface area contributed by atoms with E-state index in [0.717, 1.165) is 25.2 Å². The summed E-state index contributed by atoms with van der Waals surface area (Å²) in [5.74, 6) is 1.37. The van der Waals surface area contributed by atoms with Crippen molar-refractivity contribution in [3.63, 3.8) is 0 Å². The fourth-order valence-electron chi connectivity index (χ4n) is 1.46. The first kappa shape index (κ1) is 15.0. The standard InChI is InChI=1S/C15H26N2O/c1-6-15(4,5)18-14-9-7-8-13(17-14)11-16-10-12(2)3/h7-9,12,16H,6,10-11H2,1-5H3. The number of ether oxygens (including phenoxy) is 1. The van der Waals surface area contributed by atoms with Crippen molar-refractivity contribution in [3.05, 3.63) is 23.9 Å². The molecular formula is C15H26N2O. The summed E-state index contributed by atoms with van der Waals surface area (Å²) in [5.41, 5.74) is 0.872. The first-order valence-electron chi connectivity index (χ1n) is 6.78. The molecule has 0 amide bonds. The molecule has 1 N–H and O–H groups in total. The molecule has 102 valence electrons. The van der Waals surface area contributed by atoms with E-state index in [-0.39, 0.29) is 5.60 Å². The predicted octanol–water partition coefficient (Wildman–Crippen LogP) is 3.39. The molecule has 0 aromatic carbocycles. The Hall–Kier alpha value is -1.09. The Morgan fingerprint density at radius 3 is 2.67 bits per heavy atom. The molecule has 0 saturated carbocycles. The van der Waals surface area contributed by atoms with E-state index in [2.05, 4.69) is 44.9 Å². The van der Waals surface area contributed by atoms with Crippen molar-refractivity contribution in [1.29, 1.82) is 0 Å². The van der Waals surface area contributed by atoms with Crippen LogP contribution in [-0.4, -0.2) is 17.1 Å². The molecule has 0 unspecified atom stereocenters. The lowest BCUT2D eigenvalue weighted by Gasteiger charge is -2.24. The van der Waals surface area contributed by atoms with Gasteiger partial charge in [-0.15, -0.1) is 0 Å². The summed E-state index contributed by atoms with van der Waals surface area (Å²) in [6, 6.07) is 5.95. The van der Waals surface area contributed by atoms with E-state index in [1.54, 1.807) is 0 Å². The Morgan fingerprint density at radius 2 is 2.06 bits per heavy atom. The van der Waals surface area contributed by atoms with Crippen molar-refractivity contribution in [2.75, 3.05) is 6.54 Å². The van der Waals surface area contributed by atoms with Crippen LogP contribution in [-0.2, 0) is 6.54 Å². The van der Waals surface area contributed by atoms with Crippen LogP contribution in [0.3, 0.4) is 0 Å². The van der Waals surface area contributed by atoms with E-state index in [9.17, 15) is 0 Å². The van der Waals surface area contributed by atoms with Gasteiger partial charge < -0.3 is 10.1 Å². The van der Waals surface area contributed by atoms with Crippen molar-refractivity contribution in [3.8, 4) is 5.88 Å². The van der Waals surface area contributed by atoms with E-state index in [1.807, 2.05) is 18.2 Å². The van der Waals surface area contributed by atoms with Crippen LogP contribution in [0.25, 0.3) is 0 Å². The lowest BCUT2D eigenvalue weighted by atomic mass is 10.1. The van der Waals surface area contributed by atoms with E-state index >= 15 is 0 Å². The van der Waals surface area contributed by atoms with Crippen LogP contribution in [0, 0.1) is 5.92 Å². The van der Waals surface area contributed by atoms with Crippen molar-refractivity contribution >= 4 is 0 Å². The minimum atomic E-state index is -0.156. The van der Waals surface area contributed by atoms with Crippen LogP contribution >= 0.6 is 0 Å². The van der Waals surface area contributed by atoms with Crippen LogP contribution in [0.4, 0.5) is 0 Å². The zero-order valence-corrected chi connectivity index (χ0v) is 12.3. The molecule has 0 aliphatic heterocycles. The van der Waals surface area contributed by atoms with Gasteiger partial charge in [0.25, 0.3) is 0 Å². The second-order valence-electron chi connectivity index (χ2n) is 5.71. The minimum Gasteiger partial charge on any atom is -0.472 e. The topological polar surface area (TPSA) is 34.1 Å². The molecule has 3 heteroatoms. The fourth-order valence-corrected chi connectivity index (χ4v) is 1.46. The van der Waals surface area contributed by atoms with Gasteiger partial charge in [-0.2, -0.15) is 0 Å². The third kappa shape index (κ3) is 5.50. The van der Waals surface area contributed by atoms with Crippen LogP contribution in [0.2, 0.25) is 0 Å². The molecule has 0 spiro atoms. The molecular weight excluding hydrogens is 224 g/mol. The highest BCUT2D eigenvalue weighted by Crippen LogP contribution is 2.18. The van der Waals surface area contributed by atoms with Gasteiger partial charge in [0.1, 0.15) is 5.60 Å². The second-order valence-corrected chi connectivity index (χ2v) is 5.71. The van der Waals surface area contributed by atoms with Crippen molar-refractivity contribution in [2.24, 2.45) is 5.92 Å². The van der Waals surface area contributed by atoms with Gasteiger partial charge in [0.2, 0.25) is 5.88 Å². The molecule has 0 saturated heterocycles. The first-order chi connectivity index (χ1) is 8.43. The maximum Gasteiger partial charge on any atom is 0.214 e. The highest BCUT2D eigenvalue weighted by molar-refractivity contribution is 5.16. The molecule has 0 atom stereocenters. The SMILES string of the molecule is CCC(C)(C)Oc1cccc(CNCC(C)C)n1. The molecule has 0 radical (unpaired) electrons. The third-order valence-electron chi connectivity index (χ3n) is 2.87. The highest BCUT2D eigenvalue weighted by atomic mass is 16.5. The Balaban J connectivity index is 2.57. The van der Waals surface area contributed by atoms with Crippen LogP contribution in [0.15, 0.2) is 18.2 Å². The zero-order chi connectivity index (χ0) is 13.6. The van der Waals surface area contributed by atoms with Gasteiger partial charge >= 0.3 is 0 Å².